The van der Waals surface area contributed by atoms with Crippen molar-refractivity contribution in [1.29, 1.82) is 0 Å². The lowest BCUT2D eigenvalue weighted by molar-refractivity contribution is -0.139. The molecule has 2 atom stereocenters. The molecule has 0 bridgehead atoms. The number of aliphatic hydroxyl groups excluding tert-OH is 1. The van der Waals surface area contributed by atoms with Crippen LogP contribution in [0.25, 0.3) is 0 Å². The average molecular weight is 241 g/mol. The van der Waals surface area contributed by atoms with Gasteiger partial charge in [0.15, 0.2) is 0 Å². The van der Waals surface area contributed by atoms with Crippen molar-refractivity contribution in [3.63, 3.8) is 0 Å². The van der Waals surface area contributed by atoms with Crippen LogP contribution in [0.1, 0.15) is 40.5 Å². The van der Waals surface area contributed by atoms with E-state index in [2.05, 4.69) is 5.32 Å². The number of halogens is 3. The Hall–Kier alpha value is -0.290. The molecule has 2 N–H and O–H groups in total. The third-order valence-electron chi connectivity index (χ3n) is 2.09. The van der Waals surface area contributed by atoms with Crippen molar-refractivity contribution >= 4 is 0 Å². The molecule has 0 heterocycles. The van der Waals surface area contributed by atoms with Crippen LogP contribution in [0.15, 0.2) is 0 Å². The fourth-order valence-corrected chi connectivity index (χ4v) is 1.54. The first-order valence-electron chi connectivity index (χ1n) is 5.48. The molecule has 0 aliphatic carbocycles. The zero-order valence-electron chi connectivity index (χ0n) is 10.4. The maximum atomic E-state index is 12.0. The van der Waals surface area contributed by atoms with Crippen molar-refractivity contribution in [2.75, 3.05) is 6.54 Å². The smallest absolute Gasteiger partial charge is 0.390 e. The number of hydrogen-bond acceptors (Lipinski definition) is 2. The molecule has 0 rings (SSSR count). The van der Waals surface area contributed by atoms with Crippen LogP contribution >= 0.6 is 0 Å². The minimum Gasteiger partial charge on any atom is -0.392 e. The molecule has 0 aromatic carbocycles. The van der Waals surface area contributed by atoms with E-state index in [0.717, 1.165) is 0 Å². The van der Waals surface area contributed by atoms with Crippen LogP contribution in [0, 0.1) is 5.41 Å². The van der Waals surface area contributed by atoms with E-state index in [1.807, 2.05) is 20.8 Å². The standard InChI is InChI=1S/C11H22F3NO/c1-8(5-11(12,13)14)15-7-9(16)6-10(2,3)4/h8-9,15-16H,5-7H2,1-4H3. The summed E-state index contributed by atoms with van der Waals surface area (Å²) >= 11 is 0. The second-order valence-electron chi connectivity index (χ2n) is 5.55. The molecule has 0 aliphatic heterocycles. The van der Waals surface area contributed by atoms with Crippen molar-refractivity contribution in [2.24, 2.45) is 5.41 Å². The first-order valence-corrected chi connectivity index (χ1v) is 5.48. The molecule has 16 heavy (non-hydrogen) atoms. The van der Waals surface area contributed by atoms with E-state index in [1.54, 1.807) is 0 Å². The minimum atomic E-state index is -4.15. The zero-order valence-corrected chi connectivity index (χ0v) is 10.4. The summed E-state index contributed by atoms with van der Waals surface area (Å²) in [5, 5.41) is 12.3. The summed E-state index contributed by atoms with van der Waals surface area (Å²) in [6.45, 7) is 7.62. The third-order valence-corrected chi connectivity index (χ3v) is 2.09. The topological polar surface area (TPSA) is 32.3 Å². The molecular formula is C11H22F3NO. The van der Waals surface area contributed by atoms with Gasteiger partial charge < -0.3 is 10.4 Å². The van der Waals surface area contributed by atoms with Gasteiger partial charge in [0, 0.05) is 12.6 Å². The van der Waals surface area contributed by atoms with Gasteiger partial charge in [-0.2, -0.15) is 13.2 Å². The van der Waals surface area contributed by atoms with Crippen LogP contribution in [-0.2, 0) is 0 Å². The second kappa shape index (κ2) is 5.87. The zero-order chi connectivity index (χ0) is 13.0. The van der Waals surface area contributed by atoms with Crippen LogP contribution in [0.4, 0.5) is 13.2 Å². The molecule has 0 aromatic rings. The molecule has 0 amide bonds. The summed E-state index contributed by atoms with van der Waals surface area (Å²) in [5.74, 6) is 0. The van der Waals surface area contributed by atoms with Gasteiger partial charge in [-0.15, -0.1) is 0 Å². The largest absolute Gasteiger partial charge is 0.392 e. The van der Waals surface area contributed by atoms with Crippen LogP contribution in [0.2, 0.25) is 0 Å². The fourth-order valence-electron chi connectivity index (χ4n) is 1.54. The van der Waals surface area contributed by atoms with Gasteiger partial charge in [0.1, 0.15) is 0 Å². The Kier molecular flexibility index (Phi) is 5.76. The Bertz CT molecular complexity index is 176. The van der Waals surface area contributed by atoms with Crippen LogP contribution < -0.4 is 5.32 Å². The maximum absolute atomic E-state index is 12.0. The lowest BCUT2D eigenvalue weighted by atomic mass is 9.89. The van der Waals surface area contributed by atoms with Crippen molar-refractivity contribution in [2.45, 2.75) is 58.9 Å². The quantitative estimate of drug-likeness (QED) is 0.775. The van der Waals surface area contributed by atoms with E-state index in [9.17, 15) is 18.3 Å². The molecular weight excluding hydrogens is 219 g/mol. The summed E-state index contributed by atoms with van der Waals surface area (Å²) in [5.41, 5.74) is -0.0195. The van der Waals surface area contributed by atoms with Gasteiger partial charge in [-0.25, -0.2) is 0 Å². The fraction of sp³-hybridized carbons (Fsp3) is 1.00. The Labute approximate surface area is 95.2 Å². The average Bonchev–Trinajstić information content (AvgIpc) is 1.94. The Balaban J connectivity index is 3.80. The normalized spacial score (nSPS) is 17.2. The Morgan fingerprint density at radius 3 is 2.00 bits per heavy atom. The van der Waals surface area contributed by atoms with Crippen molar-refractivity contribution in [3.05, 3.63) is 0 Å². The molecule has 2 nitrogen and oxygen atoms in total. The number of hydrogen-bond donors (Lipinski definition) is 2. The molecule has 0 fully saturated rings. The van der Waals surface area contributed by atoms with E-state index < -0.39 is 24.7 Å². The monoisotopic (exact) mass is 241 g/mol. The number of aliphatic hydroxyl groups is 1. The Morgan fingerprint density at radius 1 is 1.12 bits per heavy atom. The van der Waals surface area contributed by atoms with Crippen LogP contribution in [-0.4, -0.2) is 30.0 Å². The van der Waals surface area contributed by atoms with Gasteiger partial charge in [-0.1, -0.05) is 20.8 Å². The first kappa shape index (κ1) is 15.7. The van der Waals surface area contributed by atoms with Gasteiger partial charge in [0.05, 0.1) is 12.5 Å². The Morgan fingerprint density at radius 2 is 1.62 bits per heavy atom. The van der Waals surface area contributed by atoms with Gasteiger partial charge in [0.25, 0.3) is 0 Å². The number of rotatable bonds is 5. The van der Waals surface area contributed by atoms with Gasteiger partial charge in [0.2, 0.25) is 0 Å². The molecule has 2 unspecified atom stereocenters. The molecule has 0 aromatic heterocycles. The first-order chi connectivity index (χ1) is 6.99. The predicted molar refractivity (Wildman–Crippen MR) is 58.2 cm³/mol. The highest BCUT2D eigenvalue weighted by molar-refractivity contribution is 4.73. The summed E-state index contributed by atoms with van der Waals surface area (Å²) in [6, 6.07) is -0.658. The highest BCUT2D eigenvalue weighted by atomic mass is 19.4. The molecule has 5 heteroatoms. The second-order valence-corrected chi connectivity index (χ2v) is 5.55. The van der Waals surface area contributed by atoms with Crippen molar-refractivity contribution in [3.8, 4) is 0 Å². The van der Waals surface area contributed by atoms with E-state index in [0.29, 0.717) is 6.42 Å². The van der Waals surface area contributed by atoms with Crippen LogP contribution in [0.5, 0.6) is 0 Å². The van der Waals surface area contributed by atoms with Gasteiger partial charge in [-0.05, 0) is 18.8 Å². The van der Waals surface area contributed by atoms with Gasteiger partial charge in [-0.3, -0.25) is 0 Å². The molecule has 98 valence electrons. The molecule has 0 saturated heterocycles. The van der Waals surface area contributed by atoms with Crippen molar-refractivity contribution < 1.29 is 18.3 Å². The SMILES string of the molecule is CC(CC(F)(F)F)NCC(O)CC(C)(C)C. The summed E-state index contributed by atoms with van der Waals surface area (Å²) in [7, 11) is 0. The predicted octanol–water partition coefficient (Wildman–Crippen LogP) is 2.71. The highest BCUT2D eigenvalue weighted by Gasteiger charge is 2.30. The number of nitrogens with one attached hydrogen (secondary N) is 1. The van der Waals surface area contributed by atoms with E-state index >= 15 is 0 Å². The van der Waals surface area contributed by atoms with E-state index in [4.69, 9.17) is 0 Å². The van der Waals surface area contributed by atoms with Crippen LogP contribution in [0.3, 0.4) is 0 Å². The van der Waals surface area contributed by atoms with Crippen molar-refractivity contribution in [1.82, 2.24) is 5.32 Å². The lowest BCUT2D eigenvalue weighted by Gasteiger charge is -2.24. The molecule has 0 spiro atoms. The summed E-state index contributed by atoms with van der Waals surface area (Å²) in [4.78, 5) is 0. The molecule has 0 saturated carbocycles. The highest BCUT2D eigenvalue weighted by Crippen LogP contribution is 2.22. The summed E-state index contributed by atoms with van der Waals surface area (Å²) < 4.78 is 36.0. The lowest BCUT2D eigenvalue weighted by Crippen LogP contribution is -2.37. The van der Waals surface area contributed by atoms with E-state index in [1.165, 1.54) is 6.92 Å². The maximum Gasteiger partial charge on any atom is 0.390 e. The minimum absolute atomic E-state index is 0.0195. The third kappa shape index (κ3) is 10.2. The molecule has 0 aliphatic rings. The van der Waals surface area contributed by atoms with Gasteiger partial charge >= 0.3 is 6.18 Å². The number of alkyl halides is 3. The molecule has 0 radical (unpaired) electrons. The van der Waals surface area contributed by atoms with E-state index in [-0.39, 0.29) is 12.0 Å². The summed E-state index contributed by atoms with van der Waals surface area (Å²) in [6.07, 6.45) is -5.05.